The second kappa shape index (κ2) is 5.46. The number of halogens is 1. The summed E-state index contributed by atoms with van der Waals surface area (Å²) < 4.78 is 1.06. The zero-order valence-corrected chi connectivity index (χ0v) is 12.2. The number of nitrogens with two attached hydrogens (primary N) is 1. The van der Waals surface area contributed by atoms with Crippen molar-refractivity contribution in [3.8, 4) is 0 Å². The van der Waals surface area contributed by atoms with E-state index in [9.17, 15) is 0 Å². The summed E-state index contributed by atoms with van der Waals surface area (Å²) in [5.41, 5.74) is 8.45. The zero-order valence-electron chi connectivity index (χ0n) is 9.77. The molecule has 0 aliphatic carbocycles. The van der Waals surface area contributed by atoms with Crippen LogP contribution in [0.5, 0.6) is 0 Å². The van der Waals surface area contributed by atoms with E-state index in [1.54, 1.807) is 6.20 Å². The minimum atomic E-state index is 0.354. The molecule has 2 rings (SSSR count). The number of hydrogen-bond donors (Lipinski definition) is 2. The van der Waals surface area contributed by atoms with Crippen LogP contribution in [0.15, 0.2) is 41.0 Å². The number of aromatic nitrogens is 1. The summed E-state index contributed by atoms with van der Waals surface area (Å²) in [5, 5.41) is 3.21. The molecule has 18 heavy (non-hydrogen) atoms. The van der Waals surface area contributed by atoms with Crippen LogP contribution in [0.25, 0.3) is 0 Å². The predicted octanol–water partition coefficient (Wildman–Crippen LogP) is 3.53. The Balaban J connectivity index is 2.18. The van der Waals surface area contributed by atoms with E-state index in [4.69, 9.17) is 18.0 Å². The lowest BCUT2D eigenvalue weighted by atomic mass is 10.2. The Kier molecular flexibility index (Phi) is 3.93. The molecule has 0 spiro atoms. The number of thiocarbonyl (C=S) groups is 1. The summed E-state index contributed by atoms with van der Waals surface area (Å²) >= 11 is 8.37. The number of nitrogens with one attached hydrogen (secondary N) is 1. The SMILES string of the molecule is Cc1ccc(Nc2ccc(C(N)=S)cn2)cc1Br. The molecule has 1 heterocycles. The highest BCUT2D eigenvalue weighted by atomic mass is 79.9. The van der Waals surface area contributed by atoms with Gasteiger partial charge in [-0.2, -0.15) is 0 Å². The Hall–Kier alpha value is -1.46. The van der Waals surface area contributed by atoms with Crippen LogP contribution in [0.1, 0.15) is 11.1 Å². The molecule has 0 fully saturated rings. The van der Waals surface area contributed by atoms with Crippen LogP contribution in [-0.2, 0) is 0 Å². The van der Waals surface area contributed by atoms with Crippen molar-refractivity contribution in [2.75, 3.05) is 5.32 Å². The Labute approximate surface area is 120 Å². The fraction of sp³-hybridized carbons (Fsp3) is 0.0769. The molecule has 0 bridgehead atoms. The average molecular weight is 322 g/mol. The standard InChI is InChI=1S/C13H12BrN3S/c1-8-2-4-10(6-11(8)14)17-12-5-3-9(7-16-12)13(15)18/h2-7H,1H3,(H2,15,18)(H,16,17). The highest BCUT2D eigenvalue weighted by Crippen LogP contribution is 2.22. The number of hydrogen-bond acceptors (Lipinski definition) is 3. The number of benzene rings is 1. The summed E-state index contributed by atoms with van der Waals surface area (Å²) in [6, 6.07) is 9.75. The molecular weight excluding hydrogens is 310 g/mol. The van der Waals surface area contributed by atoms with Gasteiger partial charge in [-0.1, -0.05) is 34.2 Å². The molecule has 0 saturated heterocycles. The molecule has 5 heteroatoms. The smallest absolute Gasteiger partial charge is 0.130 e. The van der Waals surface area contributed by atoms with Crippen molar-refractivity contribution in [3.05, 3.63) is 52.1 Å². The van der Waals surface area contributed by atoms with E-state index in [1.165, 1.54) is 5.56 Å². The molecule has 1 aromatic carbocycles. The molecular formula is C13H12BrN3S. The molecule has 0 unspecified atom stereocenters. The number of nitrogens with zero attached hydrogens (tertiary/aromatic N) is 1. The van der Waals surface area contributed by atoms with E-state index >= 15 is 0 Å². The van der Waals surface area contributed by atoms with Crippen LogP contribution < -0.4 is 11.1 Å². The van der Waals surface area contributed by atoms with E-state index in [-0.39, 0.29) is 0 Å². The molecule has 0 radical (unpaired) electrons. The Morgan fingerprint density at radius 1 is 1.33 bits per heavy atom. The van der Waals surface area contributed by atoms with Crippen LogP contribution in [0.4, 0.5) is 11.5 Å². The summed E-state index contributed by atoms with van der Waals surface area (Å²) in [6.45, 7) is 2.04. The topological polar surface area (TPSA) is 50.9 Å². The summed E-state index contributed by atoms with van der Waals surface area (Å²) in [4.78, 5) is 4.61. The monoisotopic (exact) mass is 321 g/mol. The van der Waals surface area contributed by atoms with Crippen LogP contribution in [0.2, 0.25) is 0 Å². The molecule has 92 valence electrons. The molecule has 3 N–H and O–H groups in total. The molecule has 0 amide bonds. The van der Waals surface area contributed by atoms with Crippen molar-refractivity contribution >= 4 is 44.6 Å². The fourth-order valence-corrected chi connectivity index (χ4v) is 1.93. The highest BCUT2D eigenvalue weighted by Gasteiger charge is 2.00. The summed E-state index contributed by atoms with van der Waals surface area (Å²) in [7, 11) is 0. The number of anilines is 2. The molecule has 0 atom stereocenters. The van der Waals surface area contributed by atoms with E-state index in [1.807, 2.05) is 37.3 Å². The third-order valence-electron chi connectivity index (χ3n) is 2.49. The maximum Gasteiger partial charge on any atom is 0.130 e. The van der Waals surface area contributed by atoms with E-state index < -0.39 is 0 Å². The first-order valence-electron chi connectivity index (χ1n) is 5.35. The lowest BCUT2D eigenvalue weighted by molar-refractivity contribution is 1.29. The van der Waals surface area contributed by atoms with Gasteiger partial charge in [0.2, 0.25) is 0 Å². The first kappa shape index (κ1) is 13.0. The number of aryl methyl sites for hydroxylation is 1. The maximum atomic E-state index is 5.52. The minimum absolute atomic E-state index is 0.354. The van der Waals surface area contributed by atoms with Gasteiger partial charge in [0, 0.05) is 21.9 Å². The molecule has 2 aromatic rings. The van der Waals surface area contributed by atoms with Crippen molar-refractivity contribution in [1.82, 2.24) is 4.98 Å². The maximum absolute atomic E-state index is 5.52. The second-order valence-electron chi connectivity index (χ2n) is 3.89. The molecule has 0 aliphatic rings. The largest absolute Gasteiger partial charge is 0.389 e. The van der Waals surface area contributed by atoms with E-state index in [0.717, 1.165) is 21.5 Å². The quantitative estimate of drug-likeness (QED) is 0.849. The van der Waals surface area contributed by atoms with Crippen LogP contribution in [-0.4, -0.2) is 9.97 Å². The molecule has 0 aliphatic heterocycles. The normalized spacial score (nSPS) is 10.1. The van der Waals surface area contributed by atoms with E-state index in [2.05, 4.69) is 26.2 Å². The minimum Gasteiger partial charge on any atom is -0.389 e. The van der Waals surface area contributed by atoms with Gasteiger partial charge >= 0.3 is 0 Å². The van der Waals surface area contributed by atoms with Crippen LogP contribution in [0.3, 0.4) is 0 Å². The van der Waals surface area contributed by atoms with Gasteiger partial charge in [-0.05, 0) is 36.8 Å². The van der Waals surface area contributed by atoms with Crippen molar-refractivity contribution in [2.24, 2.45) is 5.73 Å². The van der Waals surface area contributed by atoms with Gasteiger partial charge in [-0.15, -0.1) is 0 Å². The van der Waals surface area contributed by atoms with Gasteiger partial charge < -0.3 is 11.1 Å². The van der Waals surface area contributed by atoms with E-state index in [0.29, 0.717) is 4.99 Å². The number of pyridine rings is 1. The third-order valence-corrected chi connectivity index (χ3v) is 3.58. The van der Waals surface area contributed by atoms with Gasteiger partial charge in [0.05, 0.1) is 0 Å². The lowest BCUT2D eigenvalue weighted by Crippen LogP contribution is -2.09. The average Bonchev–Trinajstić information content (AvgIpc) is 2.34. The highest BCUT2D eigenvalue weighted by molar-refractivity contribution is 9.10. The summed E-state index contributed by atoms with van der Waals surface area (Å²) in [6.07, 6.45) is 1.66. The van der Waals surface area contributed by atoms with Crippen molar-refractivity contribution in [2.45, 2.75) is 6.92 Å². The summed E-state index contributed by atoms with van der Waals surface area (Å²) in [5.74, 6) is 0.755. The van der Waals surface area contributed by atoms with Gasteiger partial charge in [0.15, 0.2) is 0 Å². The predicted molar refractivity (Wildman–Crippen MR) is 82.3 cm³/mol. The Bertz CT molecular complexity index is 581. The van der Waals surface area contributed by atoms with Crippen molar-refractivity contribution in [3.63, 3.8) is 0 Å². The Morgan fingerprint density at radius 3 is 2.67 bits per heavy atom. The molecule has 1 aromatic heterocycles. The van der Waals surface area contributed by atoms with Crippen LogP contribution >= 0.6 is 28.1 Å². The lowest BCUT2D eigenvalue weighted by Gasteiger charge is -2.07. The first-order chi connectivity index (χ1) is 8.56. The fourth-order valence-electron chi connectivity index (χ4n) is 1.43. The van der Waals surface area contributed by atoms with Gasteiger partial charge in [0.25, 0.3) is 0 Å². The zero-order chi connectivity index (χ0) is 13.1. The van der Waals surface area contributed by atoms with Crippen molar-refractivity contribution < 1.29 is 0 Å². The van der Waals surface area contributed by atoms with Gasteiger partial charge in [0.1, 0.15) is 10.8 Å². The van der Waals surface area contributed by atoms with Crippen molar-refractivity contribution in [1.29, 1.82) is 0 Å². The third kappa shape index (κ3) is 3.05. The number of rotatable bonds is 3. The second-order valence-corrected chi connectivity index (χ2v) is 5.18. The van der Waals surface area contributed by atoms with Gasteiger partial charge in [-0.25, -0.2) is 4.98 Å². The first-order valence-corrected chi connectivity index (χ1v) is 6.55. The molecule has 3 nitrogen and oxygen atoms in total. The Morgan fingerprint density at radius 2 is 2.11 bits per heavy atom. The van der Waals surface area contributed by atoms with Crippen LogP contribution in [0, 0.1) is 6.92 Å². The molecule has 0 saturated carbocycles. The van der Waals surface area contributed by atoms with Gasteiger partial charge in [-0.3, -0.25) is 0 Å².